The third-order valence-electron chi connectivity index (χ3n) is 3.13. The number of hydrogen-bond acceptors (Lipinski definition) is 3. The second-order valence-corrected chi connectivity index (χ2v) is 5.01. The molecule has 1 unspecified atom stereocenters. The highest BCUT2D eigenvalue weighted by atomic mass is 35.5. The van der Waals surface area contributed by atoms with Crippen LogP contribution in [0.25, 0.3) is 0 Å². The van der Waals surface area contributed by atoms with Crippen molar-refractivity contribution in [2.75, 3.05) is 6.61 Å². The number of pyridine rings is 1. The molecule has 0 radical (unpaired) electrons. The van der Waals surface area contributed by atoms with Crippen LogP contribution >= 0.6 is 11.6 Å². The predicted octanol–water partition coefficient (Wildman–Crippen LogP) is 3.90. The summed E-state index contributed by atoms with van der Waals surface area (Å²) in [6.45, 7) is 0.608. The Labute approximate surface area is 119 Å². The molecule has 1 aromatic rings. The summed E-state index contributed by atoms with van der Waals surface area (Å²) in [6.07, 6.45) is -1.92. The van der Waals surface area contributed by atoms with Crippen LogP contribution in [0.2, 0.25) is 5.15 Å². The average molecular weight is 308 g/mol. The van der Waals surface area contributed by atoms with E-state index in [-0.39, 0.29) is 23.9 Å². The van der Waals surface area contributed by atoms with E-state index in [1.54, 1.807) is 0 Å². The largest absolute Gasteiger partial charge is 0.433 e. The molecule has 1 aliphatic rings. The van der Waals surface area contributed by atoms with Crippen LogP contribution in [0.15, 0.2) is 12.1 Å². The maximum absolute atomic E-state index is 12.4. The molecule has 1 saturated heterocycles. The van der Waals surface area contributed by atoms with Crippen LogP contribution in [-0.2, 0) is 10.9 Å². The van der Waals surface area contributed by atoms with Gasteiger partial charge in [0.05, 0.1) is 11.7 Å². The van der Waals surface area contributed by atoms with Gasteiger partial charge >= 0.3 is 6.18 Å². The standard InChI is InChI=1S/C13H13ClF3NO2/c14-12-9(4-5-11(18-12)13(15,16)17)10(19)7-8-3-1-2-6-20-8/h4-5,8H,1-3,6-7H2. The van der Waals surface area contributed by atoms with E-state index in [9.17, 15) is 18.0 Å². The van der Waals surface area contributed by atoms with E-state index in [4.69, 9.17) is 16.3 Å². The predicted molar refractivity (Wildman–Crippen MR) is 66.8 cm³/mol. The van der Waals surface area contributed by atoms with Gasteiger partial charge in [-0.1, -0.05) is 11.6 Å². The summed E-state index contributed by atoms with van der Waals surface area (Å²) < 4.78 is 42.8. The molecule has 7 heteroatoms. The molecule has 1 fully saturated rings. The molecule has 1 atom stereocenters. The first-order valence-electron chi connectivity index (χ1n) is 6.26. The van der Waals surface area contributed by atoms with Gasteiger partial charge in [0.2, 0.25) is 0 Å². The van der Waals surface area contributed by atoms with Crippen molar-refractivity contribution in [1.82, 2.24) is 4.98 Å². The number of nitrogens with zero attached hydrogens (tertiary/aromatic N) is 1. The Morgan fingerprint density at radius 2 is 2.15 bits per heavy atom. The van der Waals surface area contributed by atoms with Crippen LogP contribution in [0.3, 0.4) is 0 Å². The Hall–Kier alpha value is -1.14. The number of hydrogen-bond donors (Lipinski definition) is 0. The molecule has 0 aliphatic carbocycles. The summed E-state index contributed by atoms with van der Waals surface area (Å²) in [5.41, 5.74) is -1.10. The fourth-order valence-electron chi connectivity index (χ4n) is 2.09. The lowest BCUT2D eigenvalue weighted by Gasteiger charge is -2.21. The lowest BCUT2D eigenvalue weighted by molar-refractivity contribution is -0.141. The zero-order chi connectivity index (χ0) is 14.8. The summed E-state index contributed by atoms with van der Waals surface area (Å²) in [7, 11) is 0. The topological polar surface area (TPSA) is 39.2 Å². The number of ether oxygens (including phenoxy) is 1. The van der Waals surface area contributed by atoms with Crippen LogP contribution in [0.4, 0.5) is 13.2 Å². The number of ketones is 1. The zero-order valence-electron chi connectivity index (χ0n) is 10.5. The van der Waals surface area contributed by atoms with E-state index < -0.39 is 17.0 Å². The Morgan fingerprint density at radius 1 is 1.40 bits per heavy atom. The first-order valence-corrected chi connectivity index (χ1v) is 6.64. The molecule has 110 valence electrons. The van der Waals surface area contributed by atoms with E-state index in [0.29, 0.717) is 6.61 Å². The van der Waals surface area contributed by atoms with E-state index in [1.807, 2.05) is 0 Å². The van der Waals surface area contributed by atoms with Crippen molar-refractivity contribution in [1.29, 1.82) is 0 Å². The van der Waals surface area contributed by atoms with E-state index in [1.165, 1.54) is 0 Å². The number of halogens is 4. The lowest BCUT2D eigenvalue weighted by atomic mass is 10.0. The average Bonchev–Trinajstić information content (AvgIpc) is 2.38. The second-order valence-electron chi connectivity index (χ2n) is 4.65. The van der Waals surface area contributed by atoms with Crippen molar-refractivity contribution in [3.63, 3.8) is 0 Å². The molecular weight excluding hydrogens is 295 g/mol. The SMILES string of the molecule is O=C(CC1CCCCO1)c1ccc(C(F)(F)F)nc1Cl. The number of alkyl halides is 3. The Balaban J connectivity index is 2.10. The molecule has 20 heavy (non-hydrogen) atoms. The van der Waals surface area contributed by atoms with Gasteiger partial charge in [0, 0.05) is 13.0 Å². The van der Waals surface area contributed by atoms with Crippen LogP contribution in [-0.4, -0.2) is 23.5 Å². The molecule has 1 aliphatic heterocycles. The quantitative estimate of drug-likeness (QED) is 0.628. The Kier molecular flexibility index (Phi) is 4.65. The molecule has 0 amide bonds. The maximum Gasteiger partial charge on any atom is 0.433 e. The molecule has 2 heterocycles. The van der Waals surface area contributed by atoms with Crippen molar-refractivity contribution < 1.29 is 22.7 Å². The molecule has 0 saturated carbocycles. The molecule has 0 spiro atoms. The number of Topliss-reactive ketones (excluding diaryl/α,β-unsaturated/α-hetero) is 1. The third-order valence-corrected chi connectivity index (χ3v) is 3.41. The fourth-order valence-corrected chi connectivity index (χ4v) is 2.34. The van der Waals surface area contributed by atoms with Gasteiger partial charge in [-0.2, -0.15) is 13.2 Å². The highest BCUT2D eigenvalue weighted by Crippen LogP contribution is 2.30. The minimum Gasteiger partial charge on any atom is -0.378 e. The summed E-state index contributed by atoms with van der Waals surface area (Å²) >= 11 is 5.68. The number of aromatic nitrogens is 1. The fraction of sp³-hybridized carbons (Fsp3) is 0.538. The van der Waals surface area contributed by atoms with Crippen molar-refractivity contribution in [3.8, 4) is 0 Å². The van der Waals surface area contributed by atoms with Crippen molar-refractivity contribution in [2.24, 2.45) is 0 Å². The number of carbonyl (C=O) groups is 1. The Bertz CT molecular complexity index is 499. The zero-order valence-corrected chi connectivity index (χ0v) is 11.3. The van der Waals surface area contributed by atoms with Crippen molar-refractivity contribution in [2.45, 2.75) is 38.0 Å². The third kappa shape index (κ3) is 3.70. The van der Waals surface area contributed by atoms with E-state index >= 15 is 0 Å². The molecule has 0 N–H and O–H groups in total. The number of carbonyl (C=O) groups excluding carboxylic acids is 1. The van der Waals surface area contributed by atoms with Gasteiger partial charge in [-0.3, -0.25) is 4.79 Å². The molecule has 0 aromatic carbocycles. The van der Waals surface area contributed by atoms with Crippen LogP contribution in [0.1, 0.15) is 41.7 Å². The molecular formula is C13H13ClF3NO2. The minimum atomic E-state index is -4.57. The van der Waals surface area contributed by atoms with Crippen molar-refractivity contribution in [3.05, 3.63) is 28.5 Å². The van der Waals surface area contributed by atoms with Crippen LogP contribution in [0.5, 0.6) is 0 Å². The normalized spacial score (nSPS) is 19.9. The van der Waals surface area contributed by atoms with E-state index in [0.717, 1.165) is 31.4 Å². The van der Waals surface area contributed by atoms with E-state index in [2.05, 4.69) is 4.98 Å². The second kappa shape index (κ2) is 6.10. The summed E-state index contributed by atoms with van der Waals surface area (Å²) in [6, 6.07) is 1.84. The van der Waals surface area contributed by atoms with Gasteiger partial charge < -0.3 is 4.74 Å². The summed E-state index contributed by atoms with van der Waals surface area (Å²) in [5, 5.41) is -0.416. The van der Waals surface area contributed by atoms with Gasteiger partial charge in [0.15, 0.2) is 5.78 Å². The highest BCUT2D eigenvalue weighted by Gasteiger charge is 2.33. The summed E-state index contributed by atoms with van der Waals surface area (Å²) in [5.74, 6) is -0.344. The monoisotopic (exact) mass is 307 g/mol. The maximum atomic E-state index is 12.4. The van der Waals surface area contributed by atoms with Gasteiger partial charge in [-0.25, -0.2) is 4.98 Å². The molecule has 1 aromatic heterocycles. The van der Waals surface area contributed by atoms with Crippen LogP contribution < -0.4 is 0 Å². The number of rotatable bonds is 3. The first-order chi connectivity index (χ1) is 9.38. The van der Waals surface area contributed by atoms with Gasteiger partial charge in [-0.05, 0) is 31.4 Å². The minimum absolute atomic E-state index is 0.00819. The lowest BCUT2D eigenvalue weighted by Crippen LogP contribution is -2.22. The van der Waals surface area contributed by atoms with Crippen molar-refractivity contribution >= 4 is 17.4 Å². The molecule has 3 nitrogen and oxygen atoms in total. The highest BCUT2D eigenvalue weighted by molar-refractivity contribution is 6.32. The molecule has 0 bridgehead atoms. The first kappa shape index (κ1) is 15.3. The smallest absolute Gasteiger partial charge is 0.378 e. The van der Waals surface area contributed by atoms with Gasteiger partial charge in [-0.15, -0.1) is 0 Å². The van der Waals surface area contributed by atoms with Gasteiger partial charge in [0.1, 0.15) is 10.8 Å². The van der Waals surface area contributed by atoms with Gasteiger partial charge in [0.25, 0.3) is 0 Å². The molecule has 2 rings (SSSR count). The van der Waals surface area contributed by atoms with Crippen LogP contribution in [0, 0.1) is 0 Å². The summed E-state index contributed by atoms with van der Waals surface area (Å²) in [4.78, 5) is 15.2. The Morgan fingerprint density at radius 3 is 2.70 bits per heavy atom.